The summed E-state index contributed by atoms with van der Waals surface area (Å²) < 4.78 is 25.8. The van der Waals surface area contributed by atoms with Crippen molar-refractivity contribution in [1.29, 1.82) is 0 Å². The fraction of sp³-hybridized carbons (Fsp3) is 0.615. The largest absolute Gasteiger partial charge is 0.314 e. The summed E-state index contributed by atoms with van der Waals surface area (Å²) >= 11 is 0. The lowest BCUT2D eigenvalue weighted by atomic mass is 10.0. The van der Waals surface area contributed by atoms with Crippen molar-refractivity contribution >= 4 is 15.7 Å². The smallest absolute Gasteiger partial charge is 0.235 e. The van der Waals surface area contributed by atoms with E-state index in [1.165, 1.54) is 17.1 Å². The van der Waals surface area contributed by atoms with Crippen LogP contribution in [0.25, 0.3) is 0 Å². The first-order chi connectivity index (χ1) is 9.09. The summed E-state index contributed by atoms with van der Waals surface area (Å²) in [6.07, 6.45) is 7.33. The van der Waals surface area contributed by atoms with Gasteiger partial charge in [0.15, 0.2) is 0 Å². The van der Waals surface area contributed by atoms with Crippen LogP contribution in [-0.4, -0.2) is 38.8 Å². The number of rotatable bonds is 5. The van der Waals surface area contributed by atoms with Gasteiger partial charge in [-0.1, -0.05) is 6.42 Å². The average Bonchev–Trinajstić information content (AvgIpc) is 2.46. The number of nitrogens with one attached hydrogen (secondary N) is 1. The quantitative estimate of drug-likeness (QED) is 0.887. The van der Waals surface area contributed by atoms with Crippen molar-refractivity contribution in [1.82, 2.24) is 10.3 Å². The highest BCUT2D eigenvalue weighted by Crippen LogP contribution is 2.17. The summed E-state index contributed by atoms with van der Waals surface area (Å²) in [7, 11) is -1.68. The van der Waals surface area contributed by atoms with Crippen molar-refractivity contribution in [3.05, 3.63) is 24.5 Å². The molecule has 6 heteroatoms. The average molecular weight is 283 g/mol. The van der Waals surface area contributed by atoms with E-state index in [9.17, 15) is 8.42 Å². The minimum atomic E-state index is -3.26. The summed E-state index contributed by atoms with van der Waals surface area (Å²) in [6, 6.07) is 3.83. The Bertz CT molecular complexity index is 484. The van der Waals surface area contributed by atoms with Crippen LogP contribution in [0.3, 0.4) is 0 Å². The number of pyridine rings is 1. The molecule has 106 valence electrons. The Balaban J connectivity index is 1.94. The van der Waals surface area contributed by atoms with Crippen LogP contribution in [0.4, 0.5) is 5.69 Å². The first kappa shape index (κ1) is 14.3. The maximum Gasteiger partial charge on any atom is 0.235 e. The van der Waals surface area contributed by atoms with Crippen molar-refractivity contribution < 1.29 is 8.42 Å². The van der Waals surface area contributed by atoms with E-state index in [1.807, 2.05) is 0 Å². The summed E-state index contributed by atoms with van der Waals surface area (Å²) in [6.45, 7) is 1.00. The van der Waals surface area contributed by atoms with Crippen LogP contribution in [0, 0.1) is 0 Å². The first-order valence-corrected chi connectivity index (χ1v) is 8.30. The molecule has 0 amide bonds. The van der Waals surface area contributed by atoms with E-state index in [0.29, 0.717) is 18.2 Å². The predicted octanol–water partition coefficient (Wildman–Crippen LogP) is 1.38. The molecule has 2 heterocycles. The number of anilines is 1. The number of aromatic nitrogens is 1. The van der Waals surface area contributed by atoms with Gasteiger partial charge in [-0.3, -0.25) is 9.29 Å². The van der Waals surface area contributed by atoms with Gasteiger partial charge in [-0.25, -0.2) is 8.42 Å². The molecule has 0 radical (unpaired) electrons. The van der Waals surface area contributed by atoms with E-state index < -0.39 is 10.0 Å². The van der Waals surface area contributed by atoms with E-state index in [2.05, 4.69) is 10.3 Å². The zero-order valence-corrected chi connectivity index (χ0v) is 12.1. The molecule has 0 aromatic carbocycles. The SMILES string of the molecule is CN(c1cccnc1)S(=O)(=O)CCC1CCCCN1. The Labute approximate surface area is 115 Å². The summed E-state index contributed by atoms with van der Waals surface area (Å²) in [5.74, 6) is 0.177. The highest BCUT2D eigenvalue weighted by atomic mass is 32.2. The van der Waals surface area contributed by atoms with E-state index in [0.717, 1.165) is 13.0 Å². The molecule has 19 heavy (non-hydrogen) atoms. The molecule has 1 saturated heterocycles. The minimum absolute atomic E-state index is 0.177. The molecule has 0 saturated carbocycles. The van der Waals surface area contributed by atoms with E-state index in [1.54, 1.807) is 31.6 Å². The third-order valence-corrected chi connectivity index (χ3v) is 5.36. The fourth-order valence-electron chi connectivity index (χ4n) is 2.30. The van der Waals surface area contributed by atoms with Gasteiger partial charge in [0.25, 0.3) is 0 Å². The highest BCUT2D eigenvalue weighted by Gasteiger charge is 2.21. The topological polar surface area (TPSA) is 62.3 Å². The Kier molecular flexibility index (Phi) is 4.76. The van der Waals surface area contributed by atoms with Crippen LogP contribution in [-0.2, 0) is 10.0 Å². The lowest BCUT2D eigenvalue weighted by Crippen LogP contribution is -2.37. The van der Waals surface area contributed by atoms with E-state index in [-0.39, 0.29) is 5.75 Å². The van der Waals surface area contributed by atoms with Crippen molar-refractivity contribution in [2.75, 3.05) is 23.7 Å². The predicted molar refractivity (Wildman–Crippen MR) is 76.7 cm³/mol. The van der Waals surface area contributed by atoms with Crippen LogP contribution in [0.15, 0.2) is 24.5 Å². The maximum atomic E-state index is 12.2. The van der Waals surface area contributed by atoms with Crippen molar-refractivity contribution in [2.45, 2.75) is 31.7 Å². The van der Waals surface area contributed by atoms with Crippen molar-refractivity contribution in [3.8, 4) is 0 Å². The Hall–Kier alpha value is -1.14. The zero-order valence-electron chi connectivity index (χ0n) is 11.2. The number of piperidine rings is 1. The lowest BCUT2D eigenvalue weighted by molar-refractivity contribution is 0.392. The van der Waals surface area contributed by atoms with Gasteiger partial charge in [0, 0.05) is 19.3 Å². The molecule has 1 atom stereocenters. The number of sulfonamides is 1. The third-order valence-electron chi connectivity index (χ3n) is 3.56. The molecule has 1 aliphatic heterocycles. The molecule has 1 unspecified atom stereocenters. The normalized spacial score (nSPS) is 20.2. The van der Waals surface area contributed by atoms with E-state index in [4.69, 9.17) is 0 Å². The van der Waals surface area contributed by atoms with Crippen LogP contribution >= 0.6 is 0 Å². The fourth-order valence-corrected chi connectivity index (χ4v) is 3.58. The van der Waals surface area contributed by atoms with Gasteiger partial charge in [-0.05, 0) is 37.9 Å². The molecular formula is C13H21N3O2S. The molecule has 1 aliphatic rings. The summed E-state index contributed by atoms with van der Waals surface area (Å²) in [4.78, 5) is 3.95. The van der Waals surface area contributed by atoms with Crippen LogP contribution in [0.5, 0.6) is 0 Å². The third kappa shape index (κ3) is 3.91. The zero-order chi connectivity index (χ0) is 13.7. The van der Waals surface area contributed by atoms with Gasteiger partial charge in [0.05, 0.1) is 17.6 Å². The minimum Gasteiger partial charge on any atom is -0.314 e. The van der Waals surface area contributed by atoms with Crippen LogP contribution in [0.1, 0.15) is 25.7 Å². The monoisotopic (exact) mass is 283 g/mol. The molecule has 0 bridgehead atoms. The number of hydrogen-bond donors (Lipinski definition) is 1. The molecule has 1 aromatic rings. The summed E-state index contributed by atoms with van der Waals surface area (Å²) in [5, 5.41) is 3.38. The molecular weight excluding hydrogens is 262 g/mol. The second-order valence-corrected chi connectivity index (χ2v) is 7.05. The Morgan fingerprint density at radius 3 is 2.95 bits per heavy atom. The van der Waals surface area contributed by atoms with Gasteiger partial charge in [-0.15, -0.1) is 0 Å². The second-order valence-electron chi connectivity index (χ2n) is 4.93. The molecule has 5 nitrogen and oxygen atoms in total. The molecule has 1 N–H and O–H groups in total. The van der Waals surface area contributed by atoms with Gasteiger partial charge >= 0.3 is 0 Å². The first-order valence-electron chi connectivity index (χ1n) is 6.69. The van der Waals surface area contributed by atoms with Gasteiger partial charge in [0.1, 0.15) is 0 Å². The molecule has 1 aromatic heterocycles. The standard InChI is InChI=1S/C13H21N3O2S/c1-16(13-6-4-8-14-11-13)19(17,18)10-7-12-5-2-3-9-15-12/h4,6,8,11-12,15H,2-3,5,7,9-10H2,1H3. The van der Waals surface area contributed by atoms with Gasteiger partial charge in [0.2, 0.25) is 10.0 Å². The Morgan fingerprint density at radius 1 is 1.47 bits per heavy atom. The summed E-state index contributed by atoms with van der Waals surface area (Å²) in [5.41, 5.74) is 0.610. The number of hydrogen-bond acceptors (Lipinski definition) is 4. The van der Waals surface area contributed by atoms with Crippen molar-refractivity contribution in [3.63, 3.8) is 0 Å². The van der Waals surface area contributed by atoms with Gasteiger partial charge < -0.3 is 5.32 Å². The van der Waals surface area contributed by atoms with E-state index >= 15 is 0 Å². The van der Waals surface area contributed by atoms with Gasteiger partial charge in [-0.2, -0.15) is 0 Å². The highest BCUT2D eigenvalue weighted by molar-refractivity contribution is 7.92. The Morgan fingerprint density at radius 2 is 2.32 bits per heavy atom. The number of nitrogens with zero attached hydrogens (tertiary/aromatic N) is 2. The maximum absolute atomic E-state index is 12.2. The van der Waals surface area contributed by atoms with Crippen LogP contribution in [0.2, 0.25) is 0 Å². The van der Waals surface area contributed by atoms with Crippen molar-refractivity contribution in [2.24, 2.45) is 0 Å². The molecule has 2 rings (SSSR count). The van der Waals surface area contributed by atoms with Crippen LogP contribution < -0.4 is 9.62 Å². The molecule has 0 aliphatic carbocycles. The molecule has 1 fully saturated rings. The second kappa shape index (κ2) is 6.34. The lowest BCUT2D eigenvalue weighted by Gasteiger charge is -2.25. The molecule has 0 spiro atoms.